The largest absolute Gasteiger partial charge is 0.443 e. The molecule has 3 N–H and O–H groups in total. The van der Waals surface area contributed by atoms with E-state index in [1.165, 1.54) is 0 Å². The normalized spacial score (nSPS) is 13.5. The average Bonchev–Trinajstić information content (AvgIpc) is 2.83. The lowest BCUT2D eigenvalue weighted by atomic mass is 10.1. The number of nitrogens with one attached hydrogen (secondary N) is 1. The third-order valence-corrected chi connectivity index (χ3v) is 4.27. The minimum atomic E-state index is -4.49. The summed E-state index contributed by atoms with van der Waals surface area (Å²) in [5.41, 5.74) is 2.83. The summed E-state index contributed by atoms with van der Waals surface area (Å²) in [4.78, 5) is 3.63. The van der Waals surface area contributed by atoms with Crippen LogP contribution in [-0.4, -0.2) is 4.98 Å². The molecule has 1 aromatic heterocycles. The SMILES string of the molecule is NNC(c1cnc(C(F)(F)F)s1)c1c(Cl)cccc1Cl. The number of nitrogens with two attached hydrogens (primary N) is 1. The summed E-state index contributed by atoms with van der Waals surface area (Å²) in [5.74, 6) is 5.42. The number of benzene rings is 1. The summed E-state index contributed by atoms with van der Waals surface area (Å²) in [6.45, 7) is 0. The Morgan fingerprint density at radius 1 is 1.25 bits per heavy atom. The van der Waals surface area contributed by atoms with Gasteiger partial charge in [-0.05, 0) is 12.1 Å². The van der Waals surface area contributed by atoms with Crippen molar-refractivity contribution in [3.8, 4) is 0 Å². The quantitative estimate of drug-likeness (QED) is 0.654. The highest BCUT2D eigenvalue weighted by atomic mass is 35.5. The minimum absolute atomic E-state index is 0.273. The molecule has 0 bridgehead atoms. The summed E-state index contributed by atoms with van der Waals surface area (Å²) in [7, 11) is 0. The van der Waals surface area contributed by atoms with E-state index < -0.39 is 17.2 Å². The molecule has 0 saturated heterocycles. The van der Waals surface area contributed by atoms with Crippen LogP contribution in [0.3, 0.4) is 0 Å². The Kier molecular flexibility index (Phi) is 4.55. The maximum absolute atomic E-state index is 12.6. The molecule has 0 aliphatic carbocycles. The predicted octanol–water partition coefficient (Wildman–Crippen LogP) is 4.02. The molecule has 2 aromatic rings. The van der Waals surface area contributed by atoms with Crippen molar-refractivity contribution in [1.82, 2.24) is 10.4 Å². The summed E-state index contributed by atoms with van der Waals surface area (Å²) in [6, 6.07) is 4.04. The van der Waals surface area contributed by atoms with Gasteiger partial charge in [0.2, 0.25) is 0 Å². The van der Waals surface area contributed by atoms with E-state index in [0.717, 1.165) is 6.20 Å². The predicted molar refractivity (Wildman–Crippen MR) is 72.7 cm³/mol. The number of hydrogen-bond acceptors (Lipinski definition) is 4. The van der Waals surface area contributed by atoms with Crippen molar-refractivity contribution in [2.45, 2.75) is 12.2 Å². The Labute approximate surface area is 126 Å². The van der Waals surface area contributed by atoms with Crippen molar-refractivity contribution >= 4 is 34.5 Å². The lowest BCUT2D eigenvalue weighted by molar-refractivity contribution is -0.137. The smallest absolute Gasteiger partial charge is 0.271 e. The molecule has 20 heavy (non-hydrogen) atoms. The van der Waals surface area contributed by atoms with Gasteiger partial charge in [-0.2, -0.15) is 13.2 Å². The van der Waals surface area contributed by atoms with Gasteiger partial charge in [-0.15, -0.1) is 11.3 Å². The van der Waals surface area contributed by atoms with Crippen molar-refractivity contribution in [2.75, 3.05) is 0 Å². The fraction of sp³-hybridized carbons (Fsp3) is 0.182. The van der Waals surface area contributed by atoms with Crippen LogP contribution in [0.5, 0.6) is 0 Å². The highest BCUT2D eigenvalue weighted by molar-refractivity contribution is 7.11. The lowest BCUT2D eigenvalue weighted by Crippen LogP contribution is -2.28. The molecule has 0 amide bonds. The topological polar surface area (TPSA) is 50.9 Å². The van der Waals surface area contributed by atoms with E-state index in [-0.39, 0.29) is 4.88 Å². The zero-order chi connectivity index (χ0) is 14.9. The van der Waals surface area contributed by atoms with Gasteiger partial charge in [0.05, 0.1) is 6.04 Å². The Morgan fingerprint density at radius 3 is 2.30 bits per heavy atom. The van der Waals surface area contributed by atoms with Gasteiger partial charge in [0.25, 0.3) is 0 Å². The standard InChI is InChI=1S/C11H8Cl2F3N3S/c12-5-2-1-3-6(13)8(5)9(19-17)7-4-18-10(20-7)11(14,15)16/h1-4,9,19H,17H2. The number of halogens is 5. The molecule has 108 valence electrons. The number of aromatic nitrogens is 1. The van der Waals surface area contributed by atoms with Crippen LogP contribution in [0.4, 0.5) is 13.2 Å². The van der Waals surface area contributed by atoms with E-state index in [0.29, 0.717) is 26.9 Å². The fourth-order valence-corrected chi connectivity index (χ4v) is 3.11. The van der Waals surface area contributed by atoms with E-state index in [9.17, 15) is 13.2 Å². The molecule has 0 aliphatic rings. The Bertz CT molecular complexity index is 595. The molecule has 0 radical (unpaired) electrons. The highest BCUT2D eigenvalue weighted by Gasteiger charge is 2.35. The molecular weight excluding hydrogens is 334 g/mol. The molecule has 0 spiro atoms. The van der Waals surface area contributed by atoms with Crippen LogP contribution in [0.2, 0.25) is 10.0 Å². The van der Waals surface area contributed by atoms with Crippen molar-refractivity contribution in [3.63, 3.8) is 0 Å². The first kappa shape index (κ1) is 15.5. The van der Waals surface area contributed by atoms with Gasteiger partial charge in [-0.3, -0.25) is 5.84 Å². The van der Waals surface area contributed by atoms with Gasteiger partial charge in [0.15, 0.2) is 5.01 Å². The van der Waals surface area contributed by atoms with Crippen LogP contribution in [0.15, 0.2) is 24.4 Å². The number of thiazole rings is 1. The summed E-state index contributed by atoms with van der Waals surface area (Å²) >= 11 is 12.6. The Morgan fingerprint density at radius 2 is 1.85 bits per heavy atom. The molecule has 3 nitrogen and oxygen atoms in total. The van der Waals surface area contributed by atoms with E-state index in [1.54, 1.807) is 18.2 Å². The number of hydrazine groups is 1. The van der Waals surface area contributed by atoms with E-state index in [1.807, 2.05) is 0 Å². The lowest BCUT2D eigenvalue weighted by Gasteiger charge is -2.17. The average molecular weight is 342 g/mol. The fourth-order valence-electron chi connectivity index (χ4n) is 1.65. The molecule has 9 heteroatoms. The minimum Gasteiger partial charge on any atom is -0.271 e. The Hall–Kier alpha value is -0.860. The third-order valence-electron chi connectivity index (χ3n) is 2.51. The van der Waals surface area contributed by atoms with Crippen LogP contribution >= 0.6 is 34.5 Å². The monoisotopic (exact) mass is 341 g/mol. The van der Waals surface area contributed by atoms with Crippen molar-refractivity contribution in [3.05, 3.63) is 49.9 Å². The second-order valence-corrected chi connectivity index (χ2v) is 5.68. The number of hydrogen-bond donors (Lipinski definition) is 2. The van der Waals surface area contributed by atoms with Gasteiger partial charge >= 0.3 is 6.18 Å². The molecular formula is C11H8Cl2F3N3S. The van der Waals surface area contributed by atoms with Crippen LogP contribution in [0.25, 0.3) is 0 Å². The molecule has 0 aliphatic heterocycles. The Balaban J connectivity index is 2.45. The van der Waals surface area contributed by atoms with Crippen LogP contribution in [0, 0.1) is 0 Å². The molecule has 1 atom stereocenters. The zero-order valence-electron chi connectivity index (χ0n) is 9.71. The number of alkyl halides is 3. The molecule has 1 aromatic carbocycles. The zero-order valence-corrected chi connectivity index (χ0v) is 12.0. The first-order valence-electron chi connectivity index (χ1n) is 5.27. The van der Waals surface area contributed by atoms with Gasteiger partial charge in [-0.1, -0.05) is 29.3 Å². The van der Waals surface area contributed by atoms with Crippen LogP contribution < -0.4 is 11.3 Å². The maximum atomic E-state index is 12.6. The highest BCUT2D eigenvalue weighted by Crippen LogP contribution is 2.39. The van der Waals surface area contributed by atoms with Crippen molar-refractivity contribution < 1.29 is 13.2 Å². The first-order valence-corrected chi connectivity index (χ1v) is 6.84. The molecule has 0 saturated carbocycles. The van der Waals surface area contributed by atoms with E-state index in [2.05, 4.69) is 10.4 Å². The van der Waals surface area contributed by atoms with Gasteiger partial charge in [0, 0.05) is 26.7 Å². The third kappa shape index (κ3) is 3.07. The number of rotatable bonds is 3. The second-order valence-electron chi connectivity index (χ2n) is 3.80. The summed E-state index contributed by atoms with van der Waals surface area (Å²) < 4.78 is 37.7. The maximum Gasteiger partial charge on any atom is 0.443 e. The van der Waals surface area contributed by atoms with Crippen LogP contribution in [0.1, 0.15) is 21.5 Å². The number of nitrogens with zero attached hydrogens (tertiary/aromatic N) is 1. The van der Waals surface area contributed by atoms with Gasteiger partial charge < -0.3 is 0 Å². The van der Waals surface area contributed by atoms with Gasteiger partial charge in [0.1, 0.15) is 0 Å². The van der Waals surface area contributed by atoms with Crippen LogP contribution in [-0.2, 0) is 6.18 Å². The summed E-state index contributed by atoms with van der Waals surface area (Å²) in [6.07, 6.45) is -3.38. The molecule has 1 unspecified atom stereocenters. The second kappa shape index (κ2) is 5.87. The first-order chi connectivity index (χ1) is 9.34. The molecule has 1 heterocycles. The van der Waals surface area contributed by atoms with Crippen molar-refractivity contribution in [2.24, 2.45) is 5.84 Å². The molecule has 0 fully saturated rings. The van der Waals surface area contributed by atoms with E-state index in [4.69, 9.17) is 29.0 Å². The molecule has 2 rings (SSSR count). The van der Waals surface area contributed by atoms with Crippen molar-refractivity contribution in [1.29, 1.82) is 0 Å². The summed E-state index contributed by atoms with van der Waals surface area (Å²) in [5, 5.41) is -0.333. The van der Waals surface area contributed by atoms with Gasteiger partial charge in [-0.25, -0.2) is 10.4 Å². The van der Waals surface area contributed by atoms with E-state index >= 15 is 0 Å².